The molecule has 0 atom stereocenters. The van der Waals surface area contributed by atoms with Gasteiger partial charge in [-0.3, -0.25) is 4.79 Å². The van der Waals surface area contributed by atoms with Crippen LogP contribution in [0.15, 0.2) is 48.5 Å². The van der Waals surface area contributed by atoms with Crippen LogP contribution in [-0.4, -0.2) is 19.2 Å². The van der Waals surface area contributed by atoms with Crippen LogP contribution in [0.5, 0.6) is 5.75 Å². The fourth-order valence-electron chi connectivity index (χ4n) is 1.72. The number of alkyl halides is 3. The Kier molecular flexibility index (Phi) is 4.55. The second-order valence-electron chi connectivity index (χ2n) is 4.35. The van der Waals surface area contributed by atoms with Crippen LogP contribution in [0.25, 0.3) is 0 Å². The maximum atomic E-state index is 12.3. The van der Waals surface area contributed by atoms with E-state index in [1.54, 1.807) is 36.4 Å². The topological polar surface area (TPSA) is 50.4 Å². The molecule has 1 amide bonds. The molecule has 0 aliphatic rings. The zero-order valence-corrected chi connectivity index (χ0v) is 11.6. The third kappa shape index (κ3) is 3.91. The average molecular weight is 310 g/mol. The number of hydrogen-bond acceptors (Lipinski definition) is 3. The van der Waals surface area contributed by atoms with Crippen molar-refractivity contribution in [3.05, 3.63) is 48.5 Å². The summed E-state index contributed by atoms with van der Waals surface area (Å²) in [6, 6.07) is 13.0. The third-order valence-corrected chi connectivity index (χ3v) is 2.80. The molecular formula is C15H13F3N2O2. The van der Waals surface area contributed by atoms with Gasteiger partial charge in [0.15, 0.2) is 0 Å². The molecule has 0 saturated heterocycles. The molecule has 2 N–H and O–H groups in total. The molecule has 116 valence electrons. The smallest absolute Gasteiger partial charge is 0.471 e. The molecule has 2 aromatic rings. The Morgan fingerprint density at radius 3 is 2.14 bits per heavy atom. The maximum Gasteiger partial charge on any atom is 0.471 e. The number of rotatable bonds is 4. The van der Waals surface area contributed by atoms with Gasteiger partial charge in [0.1, 0.15) is 5.75 Å². The van der Waals surface area contributed by atoms with E-state index >= 15 is 0 Å². The van der Waals surface area contributed by atoms with Crippen molar-refractivity contribution in [3.63, 3.8) is 0 Å². The van der Waals surface area contributed by atoms with Crippen LogP contribution in [0.1, 0.15) is 0 Å². The molecule has 0 aliphatic heterocycles. The number of carbonyl (C=O) groups excluding carboxylic acids is 1. The zero-order valence-electron chi connectivity index (χ0n) is 11.6. The van der Waals surface area contributed by atoms with Gasteiger partial charge in [0.2, 0.25) is 0 Å². The Morgan fingerprint density at radius 2 is 1.59 bits per heavy atom. The van der Waals surface area contributed by atoms with Gasteiger partial charge in [-0.15, -0.1) is 0 Å². The highest BCUT2D eigenvalue weighted by atomic mass is 19.4. The molecule has 0 bridgehead atoms. The molecule has 0 radical (unpaired) electrons. The van der Waals surface area contributed by atoms with Gasteiger partial charge in [0.05, 0.1) is 18.5 Å². The van der Waals surface area contributed by atoms with Gasteiger partial charge in [-0.2, -0.15) is 13.2 Å². The number of nitrogens with one attached hydrogen (secondary N) is 2. The normalized spacial score (nSPS) is 10.9. The van der Waals surface area contributed by atoms with E-state index in [-0.39, 0.29) is 5.69 Å². The first kappa shape index (κ1) is 15.7. The summed E-state index contributed by atoms with van der Waals surface area (Å²) >= 11 is 0. The number of hydrogen-bond donors (Lipinski definition) is 2. The molecular weight excluding hydrogens is 297 g/mol. The van der Waals surface area contributed by atoms with E-state index in [0.29, 0.717) is 17.1 Å². The Bertz CT molecular complexity index is 655. The molecule has 7 heteroatoms. The van der Waals surface area contributed by atoms with Crippen LogP contribution in [0.3, 0.4) is 0 Å². The van der Waals surface area contributed by atoms with Crippen LogP contribution in [-0.2, 0) is 4.79 Å². The minimum absolute atomic E-state index is 0.0423. The van der Waals surface area contributed by atoms with Crippen LogP contribution < -0.4 is 15.4 Å². The summed E-state index contributed by atoms with van der Waals surface area (Å²) < 4.78 is 42.0. The van der Waals surface area contributed by atoms with Gasteiger partial charge in [-0.1, -0.05) is 12.1 Å². The highest BCUT2D eigenvalue weighted by Crippen LogP contribution is 2.28. The van der Waals surface area contributed by atoms with Gasteiger partial charge in [-0.25, -0.2) is 0 Å². The lowest BCUT2D eigenvalue weighted by Crippen LogP contribution is -2.30. The molecule has 0 unspecified atom stereocenters. The van der Waals surface area contributed by atoms with E-state index in [1.165, 1.54) is 19.2 Å². The zero-order chi connectivity index (χ0) is 16.2. The van der Waals surface area contributed by atoms with Crippen molar-refractivity contribution < 1.29 is 22.7 Å². The summed E-state index contributed by atoms with van der Waals surface area (Å²) in [5.41, 5.74) is 1.04. The number of carbonyl (C=O) groups is 1. The molecule has 0 spiro atoms. The summed E-state index contributed by atoms with van der Waals surface area (Å²) in [7, 11) is 1.53. The van der Waals surface area contributed by atoms with Gasteiger partial charge in [-0.05, 0) is 36.4 Å². The predicted molar refractivity (Wildman–Crippen MR) is 77.4 cm³/mol. The van der Waals surface area contributed by atoms with E-state index in [9.17, 15) is 18.0 Å². The Morgan fingerprint density at radius 1 is 1.00 bits per heavy atom. The lowest BCUT2D eigenvalue weighted by Gasteiger charge is -2.14. The van der Waals surface area contributed by atoms with Crippen molar-refractivity contribution >= 4 is 23.0 Å². The molecule has 2 aromatic carbocycles. The molecule has 2 rings (SSSR count). The molecule has 0 aliphatic carbocycles. The summed E-state index contributed by atoms with van der Waals surface area (Å²) in [6.07, 6.45) is -4.94. The number of para-hydroxylation sites is 2. The fraction of sp³-hybridized carbons (Fsp3) is 0.133. The third-order valence-electron chi connectivity index (χ3n) is 2.80. The van der Waals surface area contributed by atoms with E-state index in [2.05, 4.69) is 5.32 Å². The Labute approximate surface area is 124 Å². The van der Waals surface area contributed by atoms with Crippen LogP contribution >= 0.6 is 0 Å². The monoisotopic (exact) mass is 310 g/mol. The van der Waals surface area contributed by atoms with Crippen molar-refractivity contribution in [1.82, 2.24) is 0 Å². The van der Waals surface area contributed by atoms with Crippen molar-refractivity contribution in [2.75, 3.05) is 17.7 Å². The summed E-state index contributed by atoms with van der Waals surface area (Å²) in [4.78, 5) is 11.0. The number of amides is 1. The highest BCUT2D eigenvalue weighted by molar-refractivity contribution is 5.98. The maximum absolute atomic E-state index is 12.3. The highest BCUT2D eigenvalue weighted by Gasteiger charge is 2.38. The van der Waals surface area contributed by atoms with Crippen LogP contribution in [0.4, 0.5) is 30.2 Å². The second-order valence-corrected chi connectivity index (χ2v) is 4.35. The number of methoxy groups -OCH3 is 1. The van der Waals surface area contributed by atoms with Crippen molar-refractivity contribution in [2.45, 2.75) is 6.18 Å². The number of anilines is 3. The molecule has 22 heavy (non-hydrogen) atoms. The van der Waals surface area contributed by atoms with E-state index < -0.39 is 12.1 Å². The first-order valence-electron chi connectivity index (χ1n) is 6.28. The minimum atomic E-state index is -4.94. The Balaban J connectivity index is 2.19. The van der Waals surface area contributed by atoms with E-state index in [1.807, 2.05) is 5.32 Å². The van der Waals surface area contributed by atoms with Gasteiger partial charge in [0.25, 0.3) is 0 Å². The van der Waals surface area contributed by atoms with Gasteiger partial charge < -0.3 is 15.4 Å². The van der Waals surface area contributed by atoms with Crippen molar-refractivity contribution in [1.29, 1.82) is 0 Å². The minimum Gasteiger partial charge on any atom is -0.497 e. The molecule has 0 heterocycles. The fourth-order valence-corrected chi connectivity index (χ4v) is 1.72. The molecule has 0 aromatic heterocycles. The molecule has 0 fully saturated rings. The average Bonchev–Trinajstić information content (AvgIpc) is 2.49. The number of ether oxygens (including phenoxy) is 1. The standard InChI is InChI=1S/C15H13F3N2O2/c1-22-11-8-6-10(7-9-11)19-12-4-2-3-5-13(12)20-14(21)15(16,17)18/h2-9,19H,1H3,(H,20,21). The van der Waals surface area contributed by atoms with Crippen molar-refractivity contribution in [2.24, 2.45) is 0 Å². The van der Waals surface area contributed by atoms with Crippen LogP contribution in [0.2, 0.25) is 0 Å². The largest absolute Gasteiger partial charge is 0.497 e. The number of halogens is 3. The van der Waals surface area contributed by atoms with E-state index in [4.69, 9.17) is 4.74 Å². The second kappa shape index (κ2) is 6.38. The molecule has 0 saturated carbocycles. The lowest BCUT2D eigenvalue weighted by atomic mass is 10.2. The quantitative estimate of drug-likeness (QED) is 0.899. The number of benzene rings is 2. The first-order chi connectivity index (χ1) is 10.4. The summed E-state index contributed by atoms with van der Waals surface area (Å²) in [5.74, 6) is -1.36. The van der Waals surface area contributed by atoms with Gasteiger partial charge in [0, 0.05) is 5.69 Å². The predicted octanol–water partition coefficient (Wildman–Crippen LogP) is 3.94. The molecule has 4 nitrogen and oxygen atoms in total. The first-order valence-corrected chi connectivity index (χ1v) is 6.28. The Hall–Kier alpha value is -2.70. The summed E-state index contributed by atoms with van der Waals surface area (Å²) in [5, 5.41) is 4.79. The van der Waals surface area contributed by atoms with Crippen molar-refractivity contribution in [3.8, 4) is 5.75 Å². The van der Waals surface area contributed by atoms with Crippen LogP contribution in [0, 0.1) is 0 Å². The van der Waals surface area contributed by atoms with E-state index in [0.717, 1.165) is 0 Å². The SMILES string of the molecule is COc1ccc(Nc2ccccc2NC(=O)C(F)(F)F)cc1. The lowest BCUT2D eigenvalue weighted by molar-refractivity contribution is -0.167. The summed E-state index contributed by atoms with van der Waals surface area (Å²) in [6.45, 7) is 0. The van der Waals surface area contributed by atoms with Gasteiger partial charge >= 0.3 is 12.1 Å².